The van der Waals surface area contributed by atoms with Crippen molar-refractivity contribution in [1.29, 1.82) is 0 Å². The van der Waals surface area contributed by atoms with Gasteiger partial charge in [0.05, 0.1) is 6.61 Å². The Kier molecular flexibility index (Phi) is 6.93. The van der Waals surface area contributed by atoms with Gasteiger partial charge in [0.25, 0.3) is 0 Å². The van der Waals surface area contributed by atoms with Crippen molar-refractivity contribution in [3.05, 3.63) is 0 Å². The van der Waals surface area contributed by atoms with Crippen LogP contribution in [0, 0.1) is 0 Å². The maximum Gasteiger partial charge on any atom is 0.410 e. The number of aliphatic carboxylic acids is 1. The van der Waals surface area contributed by atoms with Gasteiger partial charge < -0.3 is 14.9 Å². The summed E-state index contributed by atoms with van der Waals surface area (Å²) in [5.41, 5.74) is 0. The summed E-state index contributed by atoms with van der Waals surface area (Å²) in [4.78, 5) is 23.6. The average Bonchev–Trinajstić information content (AvgIpc) is 2.22. The summed E-state index contributed by atoms with van der Waals surface area (Å²) < 4.78 is 5.03. The van der Waals surface area contributed by atoms with Gasteiger partial charge in [-0.2, -0.15) is 0 Å². The average molecular weight is 277 g/mol. The molecular weight excluding hydrogens is 254 g/mol. The van der Waals surface area contributed by atoms with E-state index in [-0.39, 0.29) is 13.0 Å². The summed E-state index contributed by atoms with van der Waals surface area (Å²) in [5, 5.41) is 17.7. The third-order valence-electron chi connectivity index (χ3n) is 2.52. The van der Waals surface area contributed by atoms with Gasteiger partial charge in [0.15, 0.2) is 0 Å². The Balaban J connectivity index is 4.27. The van der Waals surface area contributed by atoms with Crippen LogP contribution < -0.4 is 0 Å². The summed E-state index contributed by atoms with van der Waals surface area (Å²) in [6.45, 7) is 6.51. The molecule has 0 saturated heterocycles. The number of amides is 1. The second-order valence-corrected chi connectivity index (χ2v) is 11.0. The van der Waals surface area contributed by atoms with E-state index < -0.39 is 26.2 Å². The molecule has 0 bridgehead atoms. The van der Waals surface area contributed by atoms with E-state index in [1.54, 1.807) is 0 Å². The molecule has 1 amide bonds. The number of aliphatic hydroxyl groups excluding tert-OH is 1. The Hall–Kier alpha value is -1.08. The van der Waals surface area contributed by atoms with Crippen LogP contribution in [0.5, 0.6) is 0 Å². The van der Waals surface area contributed by atoms with Crippen molar-refractivity contribution in [2.45, 2.75) is 38.1 Å². The van der Waals surface area contributed by atoms with E-state index in [0.29, 0.717) is 6.61 Å². The van der Waals surface area contributed by atoms with E-state index in [9.17, 15) is 9.59 Å². The van der Waals surface area contributed by atoms with Crippen LogP contribution in [0.4, 0.5) is 4.79 Å². The van der Waals surface area contributed by atoms with Crippen molar-refractivity contribution in [3.8, 4) is 0 Å². The molecule has 0 aromatic rings. The number of likely N-dealkylation sites (N-methyl/N-ethyl adjacent to an activating group) is 1. The minimum absolute atomic E-state index is 0.00501. The molecule has 0 saturated carbocycles. The molecular formula is C11H23NO5Si. The first-order valence-corrected chi connectivity index (χ1v) is 9.63. The van der Waals surface area contributed by atoms with Crippen molar-refractivity contribution in [2.75, 3.05) is 20.3 Å². The SMILES string of the molecule is CN(C(=O)OCC[Si](C)(C)C)[C@@H](CCO)C(=O)O. The molecule has 2 N–H and O–H groups in total. The molecule has 6 nitrogen and oxygen atoms in total. The van der Waals surface area contributed by atoms with E-state index in [4.69, 9.17) is 14.9 Å². The zero-order valence-electron chi connectivity index (χ0n) is 11.5. The third-order valence-corrected chi connectivity index (χ3v) is 4.22. The van der Waals surface area contributed by atoms with Gasteiger partial charge in [-0.15, -0.1) is 0 Å². The molecule has 0 spiro atoms. The molecule has 7 heteroatoms. The molecule has 0 unspecified atom stereocenters. The van der Waals surface area contributed by atoms with Crippen molar-refractivity contribution in [1.82, 2.24) is 4.90 Å². The highest BCUT2D eigenvalue weighted by Gasteiger charge is 2.27. The van der Waals surface area contributed by atoms with Gasteiger partial charge in [-0.25, -0.2) is 9.59 Å². The Bertz CT molecular complexity index is 290. The zero-order chi connectivity index (χ0) is 14.3. The monoisotopic (exact) mass is 277 g/mol. The molecule has 0 aliphatic heterocycles. The summed E-state index contributed by atoms with van der Waals surface area (Å²) in [6, 6.07) is -0.209. The standard InChI is InChI=1S/C11H23NO5Si/c1-12(9(5-6-13)10(14)15)11(16)17-7-8-18(2,3)4/h9,13H,5-8H2,1-4H3,(H,14,15)/t9-/m0/s1. The van der Waals surface area contributed by atoms with E-state index >= 15 is 0 Å². The van der Waals surface area contributed by atoms with Crippen LogP contribution in [0.15, 0.2) is 0 Å². The van der Waals surface area contributed by atoms with E-state index in [1.807, 2.05) is 0 Å². The lowest BCUT2D eigenvalue weighted by Crippen LogP contribution is -2.43. The first-order chi connectivity index (χ1) is 8.19. The van der Waals surface area contributed by atoms with Gasteiger partial charge in [0.2, 0.25) is 0 Å². The fourth-order valence-electron chi connectivity index (χ4n) is 1.28. The quantitative estimate of drug-likeness (QED) is 0.683. The van der Waals surface area contributed by atoms with Crippen LogP contribution in [-0.2, 0) is 9.53 Å². The second kappa shape index (κ2) is 7.37. The number of carbonyl (C=O) groups is 2. The molecule has 0 aromatic heterocycles. The fourth-order valence-corrected chi connectivity index (χ4v) is 1.99. The normalized spacial score (nSPS) is 12.9. The van der Waals surface area contributed by atoms with E-state index in [0.717, 1.165) is 10.9 Å². The van der Waals surface area contributed by atoms with Gasteiger partial charge in [-0.1, -0.05) is 19.6 Å². The number of ether oxygens (including phenoxy) is 1. The highest BCUT2D eigenvalue weighted by molar-refractivity contribution is 6.76. The first-order valence-electron chi connectivity index (χ1n) is 5.92. The molecule has 0 aliphatic carbocycles. The van der Waals surface area contributed by atoms with Gasteiger partial charge in [0.1, 0.15) is 6.04 Å². The number of nitrogens with zero attached hydrogens (tertiary/aromatic N) is 1. The molecule has 18 heavy (non-hydrogen) atoms. The van der Waals surface area contributed by atoms with Crippen LogP contribution in [0.25, 0.3) is 0 Å². The number of carboxylic acids is 1. The zero-order valence-corrected chi connectivity index (χ0v) is 12.5. The largest absolute Gasteiger partial charge is 0.480 e. The van der Waals surface area contributed by atoms with Gasteiger partial charge in [0, 0.05) is 28.1 Å². The minimum atomic E-state index is -1.28. The van der Waals surface area contributed by atoms with Crippen LogP contribution in [0.3, 0.4) is 0 Å². The van der Waals surface area contributed by atoms with E-state index in [1.165, 1.54) is 7.05 Å². The van der Waals surface area contributed by atoms with Crippen LogP contribution in [0.1, 0.15) is 6.42 Å². The highest BCUT2D eigenvalue weighted by Crippen LogP contribution is 2.09. The summed E-state index contributed by atoms with van der Waals surface area (Å²) in [7, 11) is 0.0913. The first kappa shape index (κ1) is 16.9. The van der Waals surface area contributed by atoms with Crippen molar-refractivity contribution in [2.24, 2.45) is 0 Å². The number of carboxylic acid groups (broad SMARTS) is 1. The van der Waals surface area contributed by atoms with Gasteiger partial charge >= 0.3 is 12.1 Å². The van der Waals surface area contributed by atoms with Crippen LogP contribution in [0.2, 0.25) is 25.7 Å². The number of carbonyl (C=O) groups excluding carboxylic acids is 1. The number of hydrogen-bond acceptors (Lipinski definition) is 4. The lowest BCUT2D eigenvalue weighted by molar-refractivity contribution is -0.142. The number of rotatable bonds is 7. The Morgan fingerprint density at radius 3 is 2.28 bits per heavy atom. The molecule has 0 radical (unpaired) electrons. The molecule has 106 valence electrons. The predicted molar refractivity (Wildman–Crippen MR) is 70.4 cm³/mol. The smallest absolute Gasteiger partial charge is 0.410 e. The van der Waals surface area contributed by atoms with Crippen molar-refractivity contribution in [3.63, 3.8) is 0 Å². The Morgan fingerprint density at radius 2 is 1.89 bits per heavy atom. The maximum atomic E-state index is 11.6. The topological polar surface area (TPSA) is 87.1 Å². The molecule has 0 rings (SSSR count). The minimum Gasteiger partial charge on any atom is -0.480 e. The van der Waals surface area contributed by atoms with Crippen LogP contribution in [-0.4, -0.2) is 61.6 Å². The lowest BCUT2D eigenvalue weighted by atomic mass is 10.2. The Morgan fingerprint density at radius 1 is 1.33 bits per heavy atom. The van der Waals surface area contributed by atoms with Crippen molar-refractivity contribution >= 4 is 20.1 Å². The summed E-state index contributed by atoms with van der Waals surface area (Å²) in [6.07, 6.45) is -0.663. The van der Waals surface area contributed by atoms with E-state index in [2.05, 4.69) is 19.6 Å². The Labute approximate surface area is 109 Å². The second-order valence-electron chi connectivity index (χ2n) is 5.40. The summed E-state index contributed by atoms with van der Waals surface area (Å²) >= 11 is 0. The molecule has 0 aliphatic rings. The van der Waals surface area contributed by atoms with Gasteiger partial charge in [-0.05, 0) is 6.04 Å². The summed E-state index contributed by atoms with van der Waals surface area (Å²) in [5.74, 6) is -1.14. The molecule has 0 fully saturated rings. The maximum absolute atomic E-state index is 11.6. The predicted octanol–water partition coefficient (Wildman–Crippen LogP) is 1.23. The third kappa shape index (κ3) is 6.60. The fraction of sp³-hybridized carbons (Fsp3) is 0.818. The lowest BCUT2D eigenvalue weighted by Gasteiger charge is -2.24. The molecule has 0 aromatic carbocycles. The number of hydrogen-bond donors (Lipinski definition) is 2. The number of aliphatic hydroxyl groups is 1. The highest BCUT2D eigenvalue weighted by atomic mass is 28.3. The molecule has 0 heterocycles. The molecule has 1 atom stereocenters. The van der Waals surface area contributed by atoms with Gasteiger partial charge in [-0.3, -0.25) is 4.90 Å². The van der Waals surface area contributed by atoms with Crippen LogP contribution >= 0.6 is 0 Å². The van der Waals surface area contributed by atoms with Crippen molar-refractivity contribution < 1.29 is 24.5 Å².